The number of hydrogen-bond acceptors (Lipinski definition) is 3. The Morgan fingerprint density at radius 1 is 0.952 bits per heavy atom. The van der Waals surface area contributed by atoms with Gasteiger partial charge in [0.2, 0.25) is 5.91 Å². The van der Waals surface area contributed by atoms with E-state index in [0.29, 0.717) is 11.5 Å². The van der Waals surface area contributed by atoms with Crippen LogP contribution in [0.2, 0.25) is 0 Å². The summed E-state index contributed by atoms with van der Waals surface area (Å²) in [6.07, 6.45) is 0.124. The van der Waals surface area contributed by atoms with Crippen LogP contribution in [0.4, 0.5) is 0 Å². The maximum Gasteiger partial charge on any atom is 0.287 e. The zero-order chi connectivity index (χ0) is 14.9. The summed E-state index contributed by atoms with van der Waals surface area (Å²) in [6.45, 7) is 0. The summed E-state index contributed by atoms with van der Waals surface area (Å²) in [5.74, 6) is 0.180. The lowest BCUT2D eigenvalue weighted by molar-refractivity contribution is -0.146. The summed E-state index contributed by atoms with van der Waals surface area (Å²) in [4.78, 5) is 13.7. The lowest BCUT2D eigenvalue weighted by Crippen LogP contribution is -2.41. The molecule has 0 fully saturated rings. The van der Waals surface area contributed by atoms with Crippen molar-refractivity contribution >= 4 is 5.91 Å². The van der Waals surface area contributed by atoms with Gasteiger partial charge in [0.1, 0.15) is 6.42 Å². The Labute approximate surface area is 123 Å². The number of rotatable bonds is 3. The molecule has 0 aliphatic carbocycles. The fraction of sp³-hybridized carbons (Fsp3) is 0.235. The monoisotopic (exact) mass is 283 g/mol. The average molecular weight is 283 g/mol. The summed E-state index contributed by atoms with van der Waals surface area (Å²) in [7, 11) is 3.45. The van der Waals surface area contributed by atoms with Crippen LogP contribution in [0.3, 0.4) is 0 Å². The van der Waals surface area contributed by atoms with Gasteiger partial charge in [-0.05, 0) is 12.1 Å². The number of hydrogen-bond donors (Lipinski definition) is 0. The van der Waals surface area contributed by atoms with Crippen molar-refractivity contribution in [2.45, 2.75) is 12.2 Å². The number of ether oxygens (including phenoxy) is 2. The Hall–Kier alpha value is -2.49. The molecule has 2 aromatic carbocycles. The van der Waals surface area contributed by atoms with Crippen molar-refractivity contribution in [2.75, 3.05) is 14.1 Å². The minimum Gasteiger partial charge on any atom is -0.444 e. The fourth-order valence-corrected chi connectivity index (χ4v) is 2.34. The van der Waals surface area contributed by atoms with E-state index in [1.165, 1.54) is 0 Å². The van der Waals surface area contributed by atoms with Crippen LogP contribution in [-0.2, 0) is 10.6 Å². The van der Waals surface area contributed by atoms with Crippen molar-refractivity contribution in [2.24, 2.45) is 0 Å². The van der Waals surface area contributed by atoms with Crippen molar-refractivity contribution in [3.8, 4) is 11.5 Å². The second-order valence-corrected chi connectivity index (χ2v) is 5.23. The first-order chi connectivity index (χ1) is 10.1. The van der Waals surface area contributed by atoms with Gasteiger partial charge < -0.3 is 14.4 Å². The van der Waals surface area contributed by atoms with E-state index in [2.05, 4.69) is 0 Å². The van der Waals surface area contributed by atoms with E-state index in [0.717, 1.165) is 5.56 Å². The van der Waals surface area contributed by atoms with Gasteiger partial charge in [0.15, 0.2) is 11.5 Å². The SMILES string of the molecule is CN(C)C(=O)CC1(c2ccccc2)Oc2ccccc2O1. The van der Waals surface area contributed by atoms with Gasteiger partial charge in [-0.1, -0.05) is 42.5 Å². The van der Waals surface area contributed by atoms with Gasteiger partial charge in [-0.25, -0.2) is 0 Å². The maximum absolute atomic E-state index is 12.2. The van der Waals surface area contributed by atoms with Gasteiger partial charge in [0, 0.05) is 19.7 Å². The lowest BCUT2D eigenvalue weighted by atomic mass is 10.0. The first-order valence-electron chi connectivity index (χ1n) is 6.83. The minimum absolute atomic E-state index is 0.0494. The quantitative estimate of drug-likeness (QED) is 0.869. The van der Waals surface area contributed by atoms with Gasteiger partial charge >= 0.3 is 0 Å². The minimum atomic E-state index is -1.09. The van der Waals surface area contributed by atoms with E-state index in [-0.39, 0.29) is 12.3 Å². The first-order valence-corrected chi connectivity index (χ1v) is 6.83. The molecule has 2 aromatic rings. The van der Waals surface area contributed by atoms with E-state index >= 15 is 0 Å². The van der Waals surface area contributed by atoms with Crippen LogP contribution in [0, 0.1) is 0 Å². The van der Waals surface area contributed by atoms with E-state index in [4.69, 9.17) is 9.47 Å². The third-order valence-corrected chi connectivity index (χ3v) is 3.50. The number of amides is 1. The number of carbonyl (C=O) groups is 1. The lowest BCUT2D eigenvalue weighted by Gasteiger charge is -2.28. The smallest absolute Gasteiger partial charge is 0.287 e. The fourth-order valence-electron chi connectivity index (χ4n) is 2.34. The molecule has 0 aromatic heterocycles. The summed E-state index contributed by atoms with van der Waals surface area (Å²) in [6, 6.07) is 17.0. The van der Waals surface area contributed by atoms with Crippen molar-refractivity contribution in [3.63, 3.8) is 0 Å². The molecule has 108 valence electrons. The third-order valence-electron chi connectivity index (χ3n) is 3.50. The number of benzene rings is 2. The van der Waals surface area contributed by atoms with E-state index in [9.17, 15) is 4.79 Å². The molecule has 4 nitrogen and oxygen atoms in total. The molecule has 1 aliphatic rings. The summed E-state index contributed by atoms with van der Waals surface area (Å²) in [5, 5.41) is 0. The molecular formula is C17H17NO3. The van der Waals surface area contributed by atoms with Gasteiger partial charge in [-0.15, -0.1) is 0 Å². The van der Waals surface area contributed by atoms with E-state index in [1.807, 2.05) is 54.6 Å². The van der Waals surface area contributed by atoms with Crippen LogP contribution in [-0.4, -0.2) is 24.9 Å². The van der Waals surface area contributed by atoms with Gasteiger partial charge in [0.25, 0.3) is 5.79 Å². The molecule has 0 spiro atoms. The van der Waals surface area contributed by atoms with Crippen LogP contribution in [0.5, 0.6) is 11.5 Å². The molecule has 0 atom stereocenters. The van der Waals surface area contributed by atoms with Crippen LogP contribution < -0.4 is 9.47 Å². The van der Waals surface area contributed by atoms with Gasteiger partial charge in [-0.3, -0.25) is 4.79 Å². The topological polar surface area (TPSA) is 38.8 Å². The molecule has 0 unspecified atom stereocenters. The predicted molar refractivity (Wildman–Crippen MR) is 79.1 cm³/mol. The normalized spacial score (nSPS) is 14.8. The molecule has 1 amide bonds. The highest BCUT2D eigenvalue weighted by Crippen LogP contribution is 2.45. The second kappa shape index (κ2) is 5.13. The van der Waals surface area contributed by atoms with Crippen LogP contribution >= 0.6 is 0 Å². The molecule has 0 radical (unpaired) electrons. The number of carbonyl (C=O) groups excluding carboxylic acids is 1. The van der Waals surface area contributed by atoms with Crippen molar-refractivity contribution < 1.29 is 14.3 Å². The van der Waals surface area contributed by atoms with E-state index in [1.54, 1.807) is 19.0 Å². The maximum atomic E-state index is 12.2. The largest absolute Gasteiger partial charge is 0.444 e. The Morgan fingerprint density at radius 3 is 2.00 bits per heavy atom. The standard InChI is InChI=1S/C17H17NO3/c1-18(2)16(19)12-17(13-8-4-3-5-9-13)20-14-10-6-7-11-15(14)21-17/h3-11H,12H2,1-2H3. The summed E-state index contributed by atoms with van der Waals surface area (Å²) in [5.41, 5.74) is 0.830. The molecule has 0 saturated carbocycles. The predicted octanol–water partition coefficient (Wildman–Crippen LogP) is 2.79. The van der Waals surface area contributed by atoms with Crippen LogP contribution in [0.25, 0.3) is 0 Å². The number of fused-ring (bicyclic) bond motifs is 1. The summed E-state index contributed by atoms with van der Waals surface area (Å²) >= 11 is 0. The Balaban J connectivity index is 2.00. The molecule has 0 N–H and O–H groups in total. The van der Waals surface area contributed by atoms with Crippen molar-refractivity contribution in [1.29, 1.82) is 0 Å². The van der Waals surface area contributed by atoms with Gasteiger partial charge in [-0.2, -0.15) is 0 Å². The molecular weight excluding hydrogens is 266 g/mol. The Morgan fingerprint density at radius 2 is 1.48 bits per heavy atom. The zero-order valence-electron chi connectivity index (χ0n) is 12.1. The molecule has 1 heterocycles. The first kappa shape index (κ1) is 13.5. The molecule has 21 heavy (non-hydrogen) atoms. The Bertz CT molecular complexity index is 627. The highest BCUT2D eigenvalue weighted by Gasteiger charge is 2.45. The highest BCUT2D eigenvalue weighted by molar-refractivity contribution is 5.77. The van der Waals surface area contributed by atoms with Crippen LogP contribution in [0.1, 0.15) is 12.0 Å². The van der Waals surface area contributed by atoms with Crippen LogP contribution in [0.15, 0.2) is 54.6 Å². The Kier molecular flexibility index (Phi) is 3.29. The van der Waals surface area contributed by atoms with Crippen molar-refractivity contribution in [1.82, 2.24) is 4.90 Å². The van der Waals surface area contributed by atoms with E-state index < -0.39 is 5.79 Å². The average Bonchev–Trinajstić information content (AvgIpc) is 2.87. The zero-order valence-corrected chi connectivity index (χ0v) is 12.1. The molecule has 0 bridgehead atoms. The molecule has 1 aliphatic heterocycles. The molecule has 3 rings (SSSR count). The third kappa shape index (κ3) is 2.44. The highest BCUT2D eigenvalue weighted by atomic mass is 16.7. The van der Waals surface area contributed by atoms with Gasteiger partial charge in [0.05, 0.1) is 0 Å². The molecule has 4 heteroatoms. The molecule has 0 saturated heterocycles. The second-order valence-electron chi connectivity index (χ2n) is 5.23. The number of para-hydroxylation sites is 2. The van der Waals surface area contributed by atoms with Crippen molar-refractivity contribution in [3.05, 3.63) is 60.2 Å². The summed E-state index contributed by atoms with van der Waals surface area (Å²) < 4.78 is 12.1. The number of nitrogens with zero attached hydrogens (tertiary/aromatic N) is 1.